The zero-order chi connectivity index (χ0) is 29.1. The molecule has 0 bridgehead atoms. The predicted octanol–water partition coefficient (Wildman–Crippen LogP) is 3.94. The molecule has 2 unspecified atom stereocenters. The molecule has 3 heterocycles. The molecule has 0 saturated heterocycles. The van der Waals surface area contributed by atoms with Crippen LogP contribution in [-0.4, -0.2) is 48.8 Å². The summed E-state index contributed by atoms with van der Waals surface area (Å²) in [5.74, 6) is 1.57. The van der Waals surface area contributed by atoms with Crippen molar-refractivity contribution >= 4 is 17.3 Å². The molecular weight excluding hydrogens is 522 g/mol. The topological polar surface area (TPSA) is 128 Å². The number of aromatic nitrogens is 4. The molecule has 2 N–H and O–H groups in total. The van der Waals surface area contributed by atoms with Crippen LogP contribution in [0.25, 0.3) is 16.9 Å². The average Bonchev–Trinajstić information content (AvgIpc) is 3.58. The van der Waals surface area contributed by atoms with E-state index in [4.69, 9.17) is 9.68 Å². The van der Waals surface area contributed by atoms with Crippen LogP contribution < -0.4 is 11.0 Å². The van der Waals surface area contributed by atoms with Crippen molar-refractivity contribution in [1.29, 1.82) is 0 Å². The van der Waals surface area contributed by atoms with Crippen molar-refractivity contribution in [3.05, 3.63) is 87.1 Å². The van der Waals surface area contributed by atoms with Crippen molar-refractivity contribution in [1.82, 2.24) is 24.6 Å². The monoisotopic (exact) mass is 557 g/mol. The second-order valence-electron chi connectivity index (χ2n) is 9.99. The van der Waals surface area contributed by atoms with Crippen LogP contribution in [0.5, 0.6) is 0 Å². The van der Waals surface area contributed by atoms with Crippen molar-refractivity contribution in [2.45, 2.75) is 66.3 Å². The second-order valence-corrected chi connectivity index (χ2v) is 9.99. The number of nitrogens with zero attached hydrogens (tertiary/aromatic N) is 6. The van der Waals surface area contributed by atoms with Gasteiger partial charge in [-0.1, -0.05) is 67.0 Å². The fraction of sp³-hybridized carbons (Fsp3) is 0.367. The van der Waals surface area contributed by atoms with Crippen molar-refractivity contribution < 1.29 is 14.8 Å². The zero-order valence-corrected chi connectivity index (χ0v) is 24.0. The molecule has 41 heavy (non-hydrogen) atoms. The van der Waals surface area contributed by atoms with Crippen LogP contribution in [0.1, 0.15) is 68.4 Å². The van der Waals surface area contributed by atoms with Gasteiger partial charge in [0.2, 0.25) is 5.78 Å². The number of aliphatic imine (C=N–C) groups is 1. The lowest BCUT2D eigenvalue weighted by atomic mass is 9.96. The molecule has 1 aliphatic rings. The van der Waals surface area contributed by atoms with E-state index in [0.29, 0.717) is 48.2 Å². The van der Waals surface area contributed by atoms with E-state index in [1.807, 2.05) is 80.7 Å². The molecule has 1 aliphatic heterocycles. The summed E-state index contributed by atoms with van der Waals surface area (Å²) in [6.45, 7) is 10.0. The maximum absolute atomic E-state index is 14.2. The molecule has 214 valence electrons. The molecule has 0 spiro atoms. The number of hydrogen-bond acceptors (Lipinski definition) is 9. The number of hydrogen-bond donors (Lipinski definition) is 2. The Morgan fingerprint density at radius 2 is 1.90 bits per heavy atom. The molecule has 0 saturated carbocycles. The Hall–Kier alpha value is -4.35. The molecule has 11 heteroatoms. The van der Waals surface area contributed by atoms with Crippen LogP contribution >= 0.6 is 0 Å². The number of fused-ring (bicyclic) bond motifs is 1. The van der Waals surface area contributed by atoms with E-state index in [1.165, 1.54) is 0 Å². The van der Waals surface area contributed by atoms with Gasteiger partial charge in [0.05, 0.1) is 17.4 Å². The number of aliphatic hydroxyl groups is 1. The summed E-state index contributed by atoms with van der Waals surface area (Å²) in [6, 6.07) is 15.5. The summed E-state index contributed by atoms with van der Waals surface area (Å²) < 4.78 is 3.49. The Morgan fingerprint density at radius 3 is 2.56 bits per heavy atom. The smallest absolute Gasteiger partial charge is 0.280 e. The first-order valence-electron chi connectivity index (χ1n) is 13.8. The molecule has 0 fully saturated rings. The van der Waals surface area contributed by atoms with Crippen LogP contribution in [0, 0.1) is 6.92 Å². The van der Waals surface area contributed by atoms with E-state index in [1.54, 1.807) is 4.57 Å². The third-order valence-corrected chi connectivity index (χ3v) is 7.14. The van der Waals surface area contributed by atoms with Gasteiger partial charge >= 0.3 is 0 Å². The maximum atomic E-state index is 14.2. The SMILES string of the molecule is CCCc1c(Cc2ccc(-c3ccccc3C3=NC(O)ON3)cc2)c(=O)n(C(C)C(C)=NOCC)c2nc(C)nn12. The molecule has 4 aromatic rings. The van der Waals surface area contributed by atoms with Gasteiger partial charge in [-0.25, -0.2) is 19.8 Å². The van der Waals surface area contributed by atoms with E-state index in [0.717, 1.165) is 34.4 Å². The van der Waals surface area contributed by atoms with Gasteiger partial charge < -0.3 is 9.94 Å². The van der Waals surface area contributed by atoms with Gasteiger partial charge in [0, 0.05) is 17.5 Å². The van der Waals surface area contributed by atoms with Crippen molar-refractivity contribution in [2.75, 3.05) is 6.61 Å². The third kappa shape index (κ3) is 5.63. The van der Waals surface area contributed by atoms with Gasteiger partial charge in [-0.05, 0) is 50.8 Å². The summed E-state index contributed by atoms with van der Waals surface area (Å²) in [5, 5.41) is 18.5. The first-order valence-corrected chi connectivity index (χ1v) is 13.8. The van der Waals surface area contributed by atoms with Crippen molar-refractivity contribution in [3.63, 3.8) is 0 Å². The molecule has 2 atom stereocenters. The number of oxime groups is 1. The summed E-state index contributed by atoms with van der Waals surface area (Å²) >= 11 is 0. The van der Waals surface area contributed by atoms with Gasteiger partial charge in [-0.2, -0.15) is 10.1 Å². The molecule has 2 aromatic carbocycles. The Bertz CT molecular complexity index is 1670. The number of nitrogens with one attached hydrogen (secondary N) is 1. The van der Waals surface area contributed by atoms with E-state index in [2.05, 4.69) is 32.6 Å². The lowest BCUT2D eigenvalue weighted by Crippen LogP contribution is -2.34. The quantitative estimate of drug-likeness (QED) is 0.223. The maximum Gasteiger partial charge on any atom is 0.280 e. The zero-order valence-electron chi connectivity index (χ0n) is 24.0. The molecule has 11 nitrogen and oxygen atoms in total. The van der Waals surface area contributed by atoms with Gasteiger partial charge in [-0.15, -0.1) is 0 Å². The van der Waals surface area contributed by atoms with Crippen LogP contribution in [0.15, 0.2) is 63.5 Å². The molecule has 5 rings (SSSR count). The highest BCUT2D eigenvalue weighted by Gasteiger charge is 2.24. The standard InChI is InChI=1S/C30H35N7O4/c1-6-10-26-25(28(38)36(19(4)18(3)34-40-7-2)29-31-20(5)33-37(26)29)17-21-13-15-22(16-14-21)23-11-8-9-12-24(23)27-32-30(39)41-35-27/h8-9,11-16,19,30,39H,6-7,10,17H2,1-5H3,(H,32,35). The Kier molecular flexibility index (Phi) is 8.27. The summed E-state index contributed by atoms with van der Waals surface area (Å²) in [6.07, 6.45) is 0.759. The lowest BCUT2D eigenvalue weighted by molar-refractivity contribution is -0.102. The molecule has 0 radical (unpaired) electrons. The minimum absolute atomic E-state index is 0.106. The predicted molar refractivity (Wildman–Crippen MR) is 157 cm³/mol. The fourth-order valence-electron chi connectivity index (χ4n) is 5.02. The summed E-state index contributed by atoms with van der Waals surface area (Å²) in [4.78, 5) is 33.1. The number of amidine groups is 1. The van der Waals surface area contributed by atoms with E-state index < -0.39 is 6.41 Å². The molecule has 0 aliphatic carbocycles. The van der Waals surface area contributed by atoms with Crippen LogP contribution in [-0.2, 0) is 22.5 Å². The van der Waals surface area contributed by atoms with Gasteiger partial charge in [0.1, 0.15) is 12.4 Å². The Morgan fingerprint density at radius 1 is 1.17 bits per heavy atom. The molecular formula is C30H35N7O4. The number of hydroxylamine groups is 1. The van der Waals surface area contributed by atoms with E-state index in [9.17, 15) is 9.90 Å². The minimum Gasteiger partial charge on any atom is -0.396 e. The largest absolute Gasteiger partial charge is 0.396 e. The normalized spacial score (nSPS) is 16.1. The summed E-state index contributed by atoms with van der Waals surface area (Å²) in [5.41, 5.74) is 8.52. The number of benzene rings is 2. The van der Waals surface area contributed by atoms with Gasteiger partial charge in [0.25, 0.3) is 12.0 Å². The third-order valence-electron chi connectivity index (χ3n) is 7.14. The van der Waals surface area contributed by atoms with E-state index in [-0.39, 0.29) is 11.6 Å². The lowest BCUT2D eigenvalue weighted by Gasteiger charge is -2.20. The van der Waals surface area contributed by atoms with Gasteiger partial charge in [0.15, 0.2) is 5.84 Å². The average molecular weight is 558 g/mol. The number of rotatable bonds is 10. The van der Waals surface area contributed by atoms with Crippen LogP contribution in [0.2, 0.25) is 0 Å². The Labute approximate surface area is 238 Å². The van der Waals surface area contributed by atoms with Crippen molar-refractivity contribution in [3.8, 4) is 11.1 Å². The number of aliphatic hydroxyl groups excluding tert-OH is 1. The first kappa shape index (κ1) is 28.2. The Balaban J connectivity index is 1.56. The highest BCUT2D eigenvalue weighted by molar-refractivity contribution is 6.04. The van der Waals surface area contributed by atoms with Crippen LogP contribution in [0.4, 0.5) is 0 Å². The first-order chi connectivity index (χ1) is 19.8. The summed E-state index contributed by atoms with van der Waals surface area (Å²) in [7, 11) is 0. The van der Waals surface area contributed by atoms with Crippen molar-refractivity contribution in [2.24, 2.45) is 10.1 Å². The highest BCUT2D eigenvalue weighted by Crippen LogP contribution is 2.26. The number of aryl methyl sites for hydroxylation is 2. The van der Waals surface area contributed by atoms with E-state index >= 15 is 0 Å². The molecule has 0 amide bonds. The highest BCUT2D eigenvalue weighted by atomic mass is 16.7. The second kappa shape index (κ2) is 12.0. The van der Waals surface area contributed by atoms with Crippen LogP contribution in [0.3, 0.4) is 0 Å². The van der Waals surface area contributed by atoms with Gasteiger partial charge in [-0.3, -0.25) is 9.36 Å². The fourth-order valence-corrected chi connectivity index (χ4v) is 5.02. The minimum atomic E-state index is -1.23. The molecule has 2 aromatic heterocycles.